The quantitative estimate of drug-likeness (QED) is 0.517. The lowest BCUT2D eigenvalue weighted by atomic mass is 10.1. The zero-order chi connectivity index (χ0) is 19.7. The highest BCUT2D eigenvalue weighted by atomic mass is 32.1. The van der Waals surface area contributed by atoms with Crippen LogP contribution in [-0.2, 0) is 6.42 Å². The number of rotatable bonds is 5. The number of hydrogen-bond acceptors (Lipinski definition) is 5. The molecule has 0 radical (unpaired) electrons. The van der Waals surface area contributed by atoms with Gasteiger partial charge in [0.15, 0.2) is 0 Å². The Morgan fingerprint density at radius 2 is 1.75 bits per heavy atom. The first kappa shape index (κ1) is 18.1. The van der Waals surface area contributed by atoms with Crippen molar-refractivity contribution in [1.29, 1.82) is 0 Å². The van der Waals surface area contributed by atoms with Crippen molar-refractivity contribution >= 4 is 39.0 Å². The van der Waals surface area contributed by atoms with Gasteiger partial charge in [-0.15, -0.1) is 11.3 Å². The number of thiophene rings is 1. The SMILES string of the molecule is Cc1sc2nc(Cc3ccccc3)nc(Nc3ccc(C(N)=O)cc3)c2c1C. The number of fused-ring (bicyclic) bond motifs is 1. The number of carbonyl (C=O) groups excluding carboxylic acids is 1. The Hall–Kier alpha value is -3.25. The maximum absolute atomic E-state index is 11.3. The number of hydrogen-bond donors (Lipinski definition) is 2. The number of anilines is 2. The molecule has 0 saturated heterocycles. The van der Waals surface area contributed by atoms with Crippen molar-refractivity contribution in [2.24, 2.45) is 5.73 Å². The number of nitrogens with zero attached hydrogens (tertiary/aromatic N) is 2. The lowest BCUT2D eigenvalue weighted by Gasteiger charge is -2.10. The number of aryl methyl sites for hydroxylation is 2. The van der Waals surface area contributed by atoms with Gasteiger partial charge in [-0.25, -0.2) is 9.97 Å². The molecule has 140 valence electrons. The second-order valence-electron chi connectivity index (χ2n) is 6.68. The molecule has 0 saturated carbocycles. The molecule has 1 amide bonds. The summed E-state index contributed by atoms with van der Waals surface area (Å²) in [5, 5.41) is 4.44. The van der Waals surface area contributed by atoms with Crippen LogP contribution in [0.1, 0.15) is 32.2 Å². The fourth-order valence-electron chi connectivity index (χ4n) is 3.10. The third-order valence-corrected chi connectivity index (χ3v) is 5.81. The first-order chi connectivity index (χ1) is 13.5. The Morgan fingerprint density at radius 1 is 1.04 bits per heavy atom. The second kappa shape index (κ2) is 7.40. The van der Waals surface area contributed by atoms with Gasteiger partial charge in [-0.3, -0.25) is 4.79 Å². The fraction of sp³-hybridized carbons (Fsp3) is 0.136. The van der Waals surface area contributed by atoms with Gasteiger partial charge in [-0.05, 0) is 49.2 Å². The molecule has 28 heavy (non-hydrogen) atoms. The number of nitrogens with two attached hydrogens (primary N) is 1. The smallest absolute Gasteiger partial charge is 0.248 e. The van der Waals surface area contributed by atoms with E-state index in [1.165, 1.54) is 16.0 Å². The first-order valence-electron chi connectivity index (χ1n) is 8.98. The predicted molar refractivity (Wildman–Crippen MR) is 114 cm³/mol. The fourth-order valence-corrected chi connectivity index (χ4v) is 4.14. The Labute approximate surface area is 167 Å². The number of primary amides is 1. The molecule has 3 N–H and O–H groups in total. The van der Waals surface area contributed by atoms with Gasteiger partial charge in [-0.2, -0.15) is 0 Å². The van der Waals surface area contributed by atoms with Gasteiger partial charge < -0.3 is 11.1 Å². The summed E-state index contributed by atoms with van der Waals surface area (Å²) in [5.41, 5.74) is 9.00. The minimum Gasteiger partial charge on any atom is -0.366 e. The zero-order valence-electron chi connectivity index (χ0n) is 15.7. The second-order valence-corrected chi connectivity index (χ2v) is 7.88. The summed E-state index contributed by atoms with van der Waals surface area (Å²) in [5.74, 6) is 1.12. The molecule has 2 aromatic carbocycles. The van der Waals surface area contributed by atoms with E-state index in [9.17, 15) is 4.79 Å². The molecular weight excluding hydrogens is 368 g/mol. The molecule has 0 unspecified atom stereocenters. The Kier molecular flexibility index (Phi) is 4.79. The number of amides is 1. The van der Waals surface area contributed by atoms with Gasteiger partial charge >= 0.3 is 0 Å². The van der Waals surface area contributed by atoms with E-state index >= 15 is 0 Å². The highest BCUT2D eigenvalue weighted by molar-refractivity contribution is 7.18. The topological polar surface area (TPSA) is 80.9 Å². The van der Waals surface area contributed by atoms with Crippen LogP contribution in [0, 0.1) is 13.8 Å². The largest absolute Gasteiger partial charge is 0.366 e. The molecule has 4 aromatic rings. The molecular formula is C22H20N4OS. The van der Waals surface area contributed by atoms with E-state index in [2.05, 4.69) is 31.3 Å². The van der Waals surface area contributed by atoms with E-state index in [4.69, 9.17) is 15.7 Å². The van der Waals surface area contributed by atoms with E-state index in [0.717, 1.165) is 27.5 Å². The normalized spacial score (nSPS) is 10.9. The van der Waals surface area contributed by atoms with Crippen molar-refractivity contribution in [3.05, 3.63) is 82.0 Å². The van der Waals surface area contributed by atoms with Crippen molar-refractivity contribution in [3.63, 3.8) is 0 Å². The van der Waals surface area contributed by atoms with Gasteiger partial charge in [0.2, 0.25) is 5.91 Å². The van der Waals surface area contributed by atoms with Gasteiger partial charge in [0.05, 0.1) is 5.39 Å². The Balaban J connectivity index is 1.75. The molecule has 5 nitrogen and oxygen atoms in total. The van der Waals surface area contributed by atoms with E-state index in [0.29, 0.717) is 12.0 Å². The molecule has 0 fully saturated rings. The highest BCUT2D eigenvalue weighted by Gasteiger charge is 2.15. The van der Waals surface area contributed by atoms with Gasteiger partial charge in [-0.1, -0.05) is 30.3 Å². The average Bonchev–Trinajstić information content (AvgIpc) is 2.97. The molecule has 0 aliphatic rings. The van der Waals surface area contributed by atoms with Crippen LogP contribution in [0.5, 0.6) is 0 Å². The van der Waals surface area contributed by atoms with Crippen LogP contribution in [0.25, 0.3) is 10.2 Å². The van der Waals surface area contributed by atoms with E-state index < -0.39 is 5.91 Å². The molecule has 0 aliphatic carbocycles. The van der Waals surface area contributed by atoms with Crippen molar-refractivity contribution in [3.8, 4) is 0 Å². The highest BCUT2D eigenvalue weighted by Crippen LogP contribution is 2.34. The van der Waals surface area contributed by atoms with Crippen LogP contribution in [-0.4, -0.2) is 15.9 Å². The molecule has 4 rings (SSSR count). The van der Waals surface area contributed by atoms with Crippen molar-refractivity contribution < 1.29 is 4.79 Å². The van der Waals surface area contributed by atoms with Gasteiger partial charge in [0, 0.05) is 22.5 Å². The molecule has 2 aromatic heterocycles. The average molecular weight is 388 g/mol. The Morgan fingerprint density at radius 3 is 2.43 bits per heavy atom. The number of aromatic nitrogens is 2. The van der Waals surface area contributed by atoms with Crippen molar-refractivity contribution in [2.45, 2.75) is 20.3 Å². The minimum atomic E-state index is -0.439. The van der Waals surface area contributed by atoms with Crippen LogP contribution < -0.4 is 11.1 Å². The lowest BCUT2D eigenvalue weighted by Crippen LogP contribution is -2.10. The summed E-state index contributed by atoms with van der Waals surface area (Å²) in [4.78, 5) is 23.1. The van der Waals surface area contributed by atoms with Crippen LogP contribution in [0.2, 0.25) is 0 Å². The Bertz CT molecular complexity index is 1150. The summed E-state index contributed by atoms with van der Waals surface area (Å²) in [6.07, 6.45) is 0.669. The summed E-state index contributed by atoms with van der Waals surface area (Å²) in [7, 11) is 0. The summed E-state index contributed by atoms with van der Waals surface area (Å²) in [6.45, 7) is 4.19. The standard InChI is InChI=1S/C22H20N4OS/c1-13-14(2)28-22-19(13)21(24-17-10-8-16(9-11-17)20(23)27)25-18(26-22)12-15-6-4-3-5-7-15/h3-11H,12H2,1-2H3,(H2,23,27)(H,24,25,26). The molecule has 0 aliphatic heterocycles. The third kappa shape index (κ3) is 3.59. The number of benzene rings is 2. The lowest BCUT2D eigenvalue weighted by molar-refractivity contribution is 0.100. The molecule has 0 atom stereocenters. The van der Waals surface area contributed by atoms with Crippen LogP contribution in [0.3, 0.4) is 0 Å². The van der Waals surface area contributed by atoms with Crippen LogP contribution >= 0.6 is 11.3 Å². The van der Waals surface area contributed by atoms with Crippen LogP contribution in [0.4, 0.5) is 11.5 Å². The molecule has 0 bridgehead atoms. The van der Waals surface area contributed by atoms with E-state index in [1.807, 2.05) is 30.3 Å². The van der Waals surface area contributed by atoms with E-state index in [1.54, 1.807) is 23.5 Å². The predicted octanol–water partition coefficient (Wildman–Crippen LogP) is 4.74. The van der Waals surface area contributed by atoms with Gasteiger partial charge in [0.25, 0.3) is 0 Å². The summed E-state index contributed by atoms with van der Waals surface area (Å²) in [6, 6.07) is 17.3. The zero-order valence-corrected chi connectivity index (χ0v) is 16.5. The van der Waals surface area contributed by atoms with E-state index in [-0.39, 0.29) is 0 Å². The minimum absolute atomic E-state index is 0.439. The summed E-state index contributed by atoms with van der Waals surface area (Å²) < 4.78 is 0. The molecule has 2 heterocycles. The van der Waals surface area contributed by atoms with Crippen molar-refractivity contribution in [2.75, 3.05) is 5.32 Å². The molecule has 0 spiro atoms. The van der Waals surface area contributed by atoms with Crippen LogP contribution in [0.15, 0.2) is 54.6 Å². The molecule has 6 heteroatoms. The number of carbonyl (C=O) groups is 1. The number of nitrogens with one attached hydrogen (secondary N) is 1. The maximum atomic E-state index is 11.3. The third-order valence-electron chi connectivity index (χ3n) is 4.71. The monoisotopic (exact) mass is 388 g/mol. The van der Waals surface area contributed by atoms with Gasteiger partial charge in [0.1, 0.15) is 16.5 Å². The van der Waals surface area contributed by atoms with Crippen molar-refractivity contribution in [1.82, 2.24) is 9.97 Å². The first-order valence-corrected chi connectivity index (χ1v) is 9.80. The maximum Gasteiger partial charge on any atom is 0.248 e. The summed E-state index contributed by atoms with van der Waals surface area (Å²) >= 11 is 1.68.